The van der Waals surface area contributed by atoms with Gasteiger partial charge in [-0.15, -0.1) is 0 Å². The Morgan fingerprint density at radius 1 is 1.29 bits per heavy atom. The summed E-state index contributed by atoms with van der Waals surface area (Å²) < 4.78 is 4.93. The number of ether oxygens (including phenoxy) is 1. The summed E-state index contributed by atoms with van der Waals surface area (Å²) in [5.74, 6) is -1.28. The van der Waals surface area contributed by atoms with E-state index in [0.29, 0.717) is 18.7 Å². The lowest BCUT2D eigenvalue weighted by atomic mass is 10.1. The molecule has 0 radical (unpaired) electrons. The normalized spacial score (nSPS) is 21.4. The summed E-state index contributed by atoms with van der Waals surface area (Å²) in [6, 6.07) is 3.79. The van der Waals surface area contributed by atoms with Crippen molar-refractivity contribution in [2.75, 3.05) is 12.8 Å². The molecule has 2 heterocycles. The van der Waals surface area contributed by atoms with E-state index in [2.05, 4.69) is 4.99 Å². The number of rotatable bonds is 1. The van der Waals surface area contributed by atoms with Crippen LogP contribution in [-0.4, -0.2) is 41.7 Å². The molecule has 0 spiro atoms. The lowest BCUT2D eigenvalue weighted by molar-refractivity contribution is -0.122. The molecule has 0 saturated carbocycles. The molecule has 1 aromatic rings. The predicted octanol–water partition coefficient (Wildman–Crippen LogP) is 0.599. The zero-order valence-corrected chi connectivity index (χ0v) is 11.3. The van der Waals surface area contributed by atoms with Crippen molar-refractivity contribution in [2.24, 2.45) is 4.99 Å². The number of imide groups is 1. The van der Waals surface area contributed by atoms with Gasteiger partial charge in [-0.2, -0.15) is 4.99 Å². The van der Waals surface area contributed by atoms with Gasteiger partial charge in [-0.1, -0.05) is 6.07 Å². The van der Waals surface area contributed by atoms with Crippen LogP contribution in [-0.2, 0) is 9.53 Å². The number of carbonyl (C=O) groups is 3. The number of nitrogen functional groups attached to an aromatic ring is 1. The predicted molar refractivity (Wildman–Crippen MR) is 73.8 cm³/mol. The highest BCUT2D eigenvalue weighted by Gasteiger charge is 2.44. The van der Waals surface area contributed by atoms with Crippen molar-refractivity contribution in [1.29, 1.82) is 0 Å². The van der Waals surface area contributed by atoms with Gasteiger partial charge >= 0.3 is 0 Å². The molecule has 21 heavy (non-hydrogen) atoms. The number of amides is 3. The summed E-state index contributed by atoms with van der Waals surface area (Å²) in [5.41, 5.74) is 6.39. The molecular formula is C14H13N3O4. The molecule has 1 aromatic carbocycles. The largest absolute Gasteiger partial charge is 0.484 e. The van der Waals surface area contributed by atoms with Crippen molar-refractivity contribution in [3.05, 3.63) is 29.3 Å². The van der Waals surface area contributed by atoms with Gasteiger partial charge < -0.3 is 10.5 Å². The van der Waals surface area contributed by atoms with Crippen LogP contribution in [0.25, 0.3) is 0 Å². The van der Waals surface area contributed by atoms with E-state index in [0.717, 1.165) is 4.90 Å². The second-order valence-corrected chi connectivity index (χ2v) is 4.85. The highest BCUT2D eigenvalue weighted by Crippen LogP contribution is 2.31. The number of fused-ring (bicyclic) bond motifs is 1. The minimum atomic E-state index is -0.893. The Bertz CT molecular complexity index is 695. The molecule has 0 aliphatic carbocycles. The molecule has 1 atom stereocenters. The van der Waals surface area contributed by atoms with Crippen LogP contribution in [0.5, 0.6) is 0 Å². The monoisotopic (exact) mass is 287 g/mol. The molecular weight excluding hydrogens is 274 g/mol. The molecule has 0 fully saturated rings. The van der Waals surface area contributed by atoms with Gasteiger partial charge in [0.25, 0.3) is 17.7 Å². The minimum Gasteiger partial charge on any atom is -0.484 e. The molecule has 2 aliphatic heterocycles. The summed E-state index contributed by atoms with van der Waals surface area (Å²) in [4.78, 5) is 41.5. The fourth-order valence-corrected chi connectivity index (χ4v) is 2.64. The van der Waals surface area contributed by atoms with Gasteiger partial charge in [0.15, 0.2) is 5.90 Å². The number of nitrogens with zero attached hydrogens (tertiary/aromatic N) is 2. The molecule has 2 aliphatic rings. The van der Waals surface area contributed by atoms with E-state index < -0.39 is 23.8 Å². The lowest BCUT2D eigenvalue weighted by Crippen LogP contribution is -2.46. The van der Waals surface area contributed by atoms with Crippen LogP contribution in [0.3, 0.4) is 0 Å². The highest BCUT2D eigenvalue weighted by molar-refractivity contribution is 6.25. The van der Waals surface area contributed by atoms with Crippen molar-refractivity contribution in [2.45, 2.75) is 18.9 Å². The molecule has 0 saturated heterocycles. The van der Waals surface area contributed by atoms with Gasteiger partial charge in [0.2, 0.25) is 0 Å². The van der Waals surface area contributed by atoms with E-state index in [1.165, 1.54) is 13.2 Å². The standard InChI is InChI=1S/C14H13N3O4/c1-21-10-6-5-9(12(18)16-10)17-13(19)7-3-2-4-8(15)11(7)14(17)20/h2-4,9H,5-6,15H2,1H3. The van der Waals surface area contributed by atoms with Crippen molar-refractivity contribution < 1.29 is 19.1 Å². The number of benzene rings is 1. The van der Waals surface area contributed by atoms with Crippen LogP contribution in [0.4, 0.5) is 5.69 Å². The summed E-state index contributed by atoms with van der Waals surface area (Å²) >= 11 is 0. The number of nitrogens with two attached hydrogens (primary N) is 1. The smallest absolute Gasteiger partial charge is 0.271 e. The van der Waals surface area contributed by atoms with E-state index in [4.69, 9.17) is 10.5 Å². The maximum absolute atomic E-state index is 12.4. The van der Waals surface area contributed by atoms with Gasteiger partial charge in [-0.3, -0.25) is 19.3 Å². The van der Waals surface area contributed by atoms with Crippen molar-refractivity contribution in [1.82, 2.24) is 4.90 Å². The highest BCUT2D eigenvalue weighted by atomic mass is 16.5. The third kappa shape index (κ3) is 1.89. The van der Waals surface area contributed by atoms with Crippen molar-refractivity contribution >= 4 is 29.3 Å². The average Bonchev–Trinajstić information content (AvgIpc) is 2.72. The Morgan fingerprint density at radius 3 is 2.67 bits per heavy atom. The maximum Gasteiger partial charge on any atom is 0.271 e. The zero-order chi connectivity index (χ0) is 15.1. The molecule has 3 rings (SSSR count). The maximum atomic E-state index is 12.4. The summed E-state index contributed by atoms with van der Waals surface area (Å²) in [7, 11) is 1.43. The van der Waals surface area contributed by atoms with E-state index in [-0.39, 0.29) is 16.8 Å². The third-order valence-corrected chi connectivity index (χ3v) is 3.68. The Hall–Kier alpha value is -2.70. The third-order valence-electron chi connectivity index (χ3n) is 3.68. The van der Waals surface area contributed by atoms with Crippen LogP contribution in [0, 0.1) is 0 Å². The van der Waals surface area contributed by atoms with Crippen LogP contribution < -0.4 is 5.73 Å². The Kier molecular flexibility index (Phi) is 2.97. The zero-order valence-electron chi connectivity index (χ0n) is 11.3. The van der Waals surface area contributed by atoms with E-state index in [9.17, 15) is 14.4 Å². The number of aliphatic imine (C=N–C) groups is 1. The first kappa shape index (κ1) is 13.3. The Balaban J connectivity index is 1.98. The van der Waals surface area contributed by atoms with Crippen LogP contribution in [0.15, 0.2) is 23.2 Å². The fraction of sp³-hybridized carbons (Fsp3) is 0.286. The topological polar surface area (TPSA) is 102 Å². The van der Waals surface area contributed by atoms with Crippen LogP contribution in [0.2, 0.25) is 0 Å². The van der Waals surface area contributed by atoms with E-state index in [1.807, 2.05) is 0 Å². The first-order valence-electron chi connectivity index (χ1n) is 6.46. The first-order chi connectivity index (χ1) is 10.0. The quantitative estimate of drug-likeness (QED) is 0.602. The Labute approximate surface area is 120 Å². The summed E-state index contributed by atoms with van der Waals surface area (Å²) in [5, 5.41) is 0. The number of hydrogen-bond donors (Lipinski definition) is 1. The summed E-state index contributed by atoms with van der Waals surface area (Å²) in [6.45, 7) is 0. The molecule has 7 heteroatoms. The summed E-state index contributed by atoms with van der Waals surface area (Å²) in [6.07, 6.45) is 0.701. The molecule has 0 bridgehead atoms. The van der Waals surface area contributed by atoms with Gasteiger partial charge in [-0.05, 0) is 18.6 Å². The number of anilines is 1. The number of carbonyl (C=O) groups excluding carboxylic acids is 3. The number of methoxy groups -OCH3 is 1. The second-order valence-electron chi connectivity index (χ2n) is 4.85. The number of hydrogen-bond acceptors (Lipinski definition) is 5. The van der Waals surface area contributed by atoms with Gasteiger partial charge in [0.05, 0.1) is 18.2 Å². The Morgan fingerprint density at radius 2 is 2.05 bits per heavy atom. The van der Waals surface area contributed by atoms with E-state index in [1.54, 1.807) is 12.1 Å². The lowest BCUT2D eigenvalue weighted by Gasteiger charge is -2.26. The molecule has 0 aromatic heterocycles. The van der Waals surface area contributed by atoms with Gasteiger partial charge in [-0.25, -0.2) is 0 Å². The van der Waals surface area contributed by atoms with Crippen molar-refractivity contribution in [3.63, 3.8) is 0 Å². The first-order valence-corrected chi connectivity index (χ1v) is 6.46. The SMILES string of the molecule is COC1=NC(=O)C(N2C(=O)c3cccc(N)c3C2=O)CC1. The van der Waals surface area contributed by atoms with Crippen molar-refractivity contribution in [3.8, 4) is 0 Å². The average molecular weight is 287 g/mol. The second kappa shape index (κ2) is 4.69. The fourth-order valence-electron chi connectivity index (χ4n) is 2.64. The van der Waals surface area contributed by atoms with E-state index >= 15 is 0 Å². The molecule has 3 amide bonds. The molecule has 108 valence electrons. The van der Waals surface area contributed by atoms with Gasteiger partial charge in [0.1, 0.15) is 6.04 Å². The molecule has 7 nitrogen and oxygen atoms in total. The minimum absolute atomic E-state index is 0.164. The molecule has 2 N–H and O–H groups in total. The van der Waals surface area contributed by atoms with Crippen LogP contribution in [0.1, 0.15) is 33.6 Å². The molecule has 1 unspecified atom stereocenters. The van der Waals surface area contributed by atoms with Gasteiger partial charge in [0, 0.05) is 12.1 Å². The van der Waals surface area contributed by atoms with Crippen LogP contribution >= 0.6 is 0 Å².